The van der Waals surface area contributed by atoms with Crippen molar-refractivity contribution < 1.29 is 83.4 Å². The van der Waals surface area contributed by atoms with Crippen molar-refractivity contribution in [1.82, 2.24) is 45.5 Å². The number of rotatable bonds is 39. The molecule has 0 fully saturated rings. The average Bonchev–Trinajstić information content (AvgIpc) is 3.93. The molecule has 2 aromatic rings. The fourth-order valence-electron chi connectivity index (χ4n) is 6.24. The maximum absolute atomic E-state index is 12.8. The lowest BCUT2D eigenvalue weighted by Gasteiger charge is -2.24. The Balaban J connectivity index is 1.63. The number of carboxylic acids is 6. The van der Waals surface area contributed by atoms with Crippen LogP contribution in [0.15, 0.2) is 10.8 Å². The minimum Gasteiger partial charge on any atom is -0.480 e. The highest BCUT2D eigenvalue weighted by atomic mass is 32.1. The molecule has 388 valence electrons. The smallest absolute Gasteiger partial charge is 0.317 e. The number of nitrogens with zero attached hydrogens (tertiary/aromatic N) is 6. The van der Waals surface area contributed by atoms with Crippen LogP contribution in [0.25, 0.3) is 0 Å². The minimum absolute atomic E-state index is 0.00715. The van der Waals surface area contributed by atoms with Crippen LogP contribution >= 0.6 is 22.7 Å². The summed E-state index contributed by atoms with van der Waals surface area (Å²) < 4.78 is 0. The predicted molar refractivity (Wildman–Crippen MR) is 248 cm³/mol. The number of amides is 5. The van der Waals surface area contributed by atoms with Crippen LogP contribution < -0.4 is 26.6 Å². The number of hydrogen-bond acceptors (Lipinski definition) is 19. The zero-order valence-corrected chi connectivity index (χ0v) is 39.7. The molecular weight excluding hydrogens is 971 g/mol. The van der Waals surface area contributed by atoms with Gasteiger partial charge in [-0.3, -0.25) is 77.7 Å². The summed E-state index contributed by atoms with van der Waals surface area (Å²) in [5.74, 6) is -9.80. The number of aliphatic carboxylic acids is 6. The van der Waals surface area contributed by atoms with Crippen LogP contribution in [-0.4, -0.2) is 224 Å². The highest BCUT2D eigenvalue weighted by molar-refractivity contribution is 7.14. The van der Waals surface area contributed by atoms with Crippen molar-refractivity contribution in [1.29, 1.82) is 0 Å². The number of carboxylic acid groups (broad SMARTS) is 6. The van der Waals surface area contributed by atoms with Crippen LogP contribution in [0.4, 0.5) is 10.3 Å². The van der Waals surface area contributed by atoms with Gasteiger partial charge in [-0.25, -0.2) is 9.97 Å². The number of carbonyl (C=O) groups excluding carboxylic acids is 5. The molecule has 0 saturated carbocycles. The second kappa shape index (κ2) is 32.9. The van der Waals surface area contributed by atoms with E-state index in [2.05, 4.69) is 36.6 Å². The number of anilines is 2. The second-order valence-corrected chi connectivity index (χ2v) is 17.2. The molecule has 0 radical (unpaired) electrons. The van der Waals surface area contributed by atoms with Gasteiger partial charge >= 0.3 is 35.8 Å². The van der Waals surface area contributed by atoms with E-state index in [1.54, 1.807) is 0 Å². The molecule has 70 heavy (non-hydrogen) atoms. The lowest BCUT2D eigenvalue weighted by atomic mass is 10.2. The fourth-order valence-corrected chi connectivity index (χ4v) is 7.63. The molecule has 2 heterocycles. The quantitative estimate of drug-likeness (QED) is 0.0343. The first kappa shape index (κ1) is 59.4. The average molecular weight is 1030 g/mol. The van der Waals surface area contributed by atoms with E-state index in [1.807, 2.05) is 0 Å². The van der Waals surface area contributed by atoms with E-state index in [0.29, 0.717) is 58.0 Å². The summed E-state index contributed by atoms with van der Waals surface area (Å²) in [7, 11) is 0. The predicted octanol–water partition coefficient (Wildman–Crippen LogP) is -1.41. The van der Waals surface area contributed by atoms with Gasteiger partial charge in [-0.2, -0.15) is 0 Å². The molecule has 0 spiro atoms. The number of unbranched alkanes of at least 4 members (excludes halogenated alkanes) is 5. The molecule has 2 aromatic heterocycles. The Morgan fingerprint density at radius 1 is 0.400 bits per heavy atom. The molecule has 30 heteroatoms. The highest BCUT2D eigenvalue weighted by Gasteiger charge is 2.21. The Labute approximate surface area is 408 Å². The number of thiazole rings is 2. The van der Waals surface area contributed by atoms with Crippen molar-refractivity contribution in [3.05, 3.63) is 22.1 Å². The van der Waals surface area contributed by atoms with Crippen molar-refractivity contribution in [3.8, 4) is 0 Å². The number of aromatic nitrogens is 2. The molecule has 11 N–H and O–H groups in total. The summed E-state index contributed by atoms with van der Waals surface area (Å²) in [5, 5.41) is 70.9. The molecule has 2 rings (SSSR count). The molecule has 0 saturated heterocycles. The zero-order valence-electron chi connectivity index (χ0n) is 38.1. The third-order valence-electron chi connectivity index (χ3n) is 9.41. The van der Waals surface area contributed by atoms with Gasteiger partial charge < -0.3 is 51.9 Å². The Bertz CT molecular complexity index is 2070. The summed E-state index contributed by atoms with van der Waals surface area (Å²) in [6.07, 6.45) is 4.27. The van der Waals surface area contributed by atoms with Gasteiger partial charge in [0, 0.05) is 63.0 Å². The molecule has 0 aliphatic rings. The van der Waals surface area contributed by atoms with E-state index < -0.39 is 98.7 Å². The summed E-state index contributed by atoms with van der Waals surface area (Å²) in [6, 6.07) is 0. The van der Waals surface area contributed by atoms with E-state index in [4.69, 9.17) is 20.4 Å². The van der Waals surface area contributed by atoms with Gasteiger partial charge in [0.05, 0.1) is 52.4 Å². The molecule has 0 atom stereocenters. The van der Waals surface area contributed by atoms with Gasteiger partial charge in [-0.15, -0.1) is 22.7 Å². The molecule has 28 nitrogen and oxygen atoms in total. The maximum atomic E-state index is 12.8. The molecule has 0 aromatic carbocycles. The molecule has 5 amide bonds. The summed E-state index contributed by atoms with van der Waals surface area (Å²) in [6.45, 7) is -3.29. The number of nitrogens with one attached hydrogen (secondary N) is 5. The first-order valence-electron chi connectivity index (χ1n) is 21.7. The normalized spacial score (nSPS) is 11.1. The SMILES string of the molecule is O=C(O)CN(CCN(CC(=O)O)CC(=O)NCCCCCCNC(=O)c1csc(NC(=O)c2csc(NC(=O)CCCCCNC(=O)CN(CCN(CC(=O)O)CC(=O)O)CC(=O)O)n2)n1)CC(=O)O. The van der Waals surface area contributed by atoms with Crippen molar-refractivity contribution in [2.75, 3.05) is 109 Å². The molecule has 0 bridgehead atoms. The Morgan fingerprint density at radius 3 is 1.11 bits per heavy atom. The van der Waals surface area contributed by atoms with Crippen molar-refractivity contribution in [2.45, 2.75) is 51.4 Å². The second-order valence-electron chi connectivity index (χ2n) is 15.5. The highest BCUT2D eigenvalue weighted by Crippen LogP contribution is 2.20. The van der Waals surface area contributed by atoms with Crippen LogP contribution in [0.1, 0.15) is 72.3 Å². The Morgan fingerprint density at radius 2 is 0.729 bits per heavy atom. The van der Waals surface area contributed by atoms with Crippen LogP contribution in [0, 0.1) is 0 Å². The maximum Gasteiger partial charge on any atom is 0.317 e. The van der Waals surface area contributed by atoms with Gasteiger partial charge in [0.15, 0.2) is 10.3 Å². The largest absolute Gasteiger partial charge is 0.480 e. The number of hydrogen-bond donors (Lipinski definition) is 11. The van der Waals surface area contributed by atoms with Gasteiger partial charge in [0.25, 0.3) is 11.8 Å². The van der Waals surface area contributed by atoms with Crippen molar-refractivity contribution in [3.63, 3.8) is 0 Å². The Hall–Kier alpha value is -6.73. The van der Waals surface area contributed by atoms with E-state index in [1.165, 1.54) is 20.6 Å². The Kier molecular flexibility index (Phi) is 27.9. The first-order valence-corrected chi connectivity index (χ1v) is 23.5. The van der Waals surface area contributed by atoms with E-state index in [9.17, 15) is 63.0 Å². The van der Waals surface area contributed by atoms with Crippen LogP contribution in [0.2, 0.25) is 0 Å². The lowest BCUT2D eigenvalue weighted by Crippen LogP contribution is -2.45. The minimum atomic E-state index is -1.26. The zero-order chi connectivity index (χ0) is 52.0. The lowest BCUT2D eigenvalue weighted by molar-refractivity contribution is -0.144. The third-order valence-corrected chi connectivity index (χ3v) is 10.9. The van der Waals surface area contributed by atoms with Crippen LogP contribution in [0.3, 0.4) is 0 Å². The third kappa shape index (κ3) is 27.9. The van der Waals surface area contributed by atoms with Crippen molar-refractivity contribution in [2.24, 2.45) is 0 Å². The summed E-state index contributed by atoms with van der Waals surface area (Å²) in [4.78, 5) is 142. The molecule has 0 aliphatic carbocycles. The number of carbonyl (C=O) groups is 11. The van der Waals surface area contributed by atoms with Crippen molar-refractivity contribution >= 4 is 98.3 Å². The standard InChI is InChI=1S/C40H59N11O17S2/c52-28(8-4-3-7-10-42-30(54)17-49(19-32(57)58)13-15-51(22-35(63)64)23-36(65)66)46-39-45-27(25-69-39)38(68)47-40-44-26(24-70-40)37(67)43-11-6-2-1-5-9-41-29(53)16-48(18-31(55)56)12-14-50(20-33(59)60)21-34(61)62/h24-25H,1-23H2,(H,41,53)(H,42,54)(H,43,67)(H,55,56)(H,57,58)(H,59,60)(H,61,62)(H,63,64)(H,65,66)(H,44,47,68)(H,45,46,52). The van der Waals surface area contributed by atoms with Gasteiger partial charge in [-0.05, 0) is 25.7 Å². The van der Waals surface area contributed by atoms with Crippen LogP contribution in [-0.2, 0) is 43.2 Å². The van der Waals surface area contributed by atoms with E-state index >= 15 is 0 Å². The van der Waals surface area contributed by atoms with Crippen LogP contribution in [0.5, 0.6) is 0 Å². The topological polar surface area (TPSA) is 408 Å². The monoisotopic (exact) mass is 1030 g/mol. The molecule has 0 aliphatic heterocycles. The van der Waals surface area contributed by atoms with E-state index in [0.717, 1.165) is 32.5 Å². The van der Waals surface area contributed by atoms with Gasteiger partial charge in [-0.1, -0.05) is 19.3 Å². The first-order chi connectivity index (χ1) is 33.2. The molecular formula is C40H59N11O17S2. The fraction of sp³-hybridized carbons (Fsp3) is 0.575. The van der Waals surface area contributed by atoms with Gasteiger partial charge in [0.1, 0.15) is 11.4 Å². The van der Waals surface area contributed by atoms with Gasteiger partial charge in [0.2, 0.25) is 17.7 Å². The van der Waals surface area contributed by atoms with E-state index in [-0.39, 0.29) is 79.8 Å². The summed E-state index contributed by atoms with van der Waals surface area (Å²) >= 11 is 2.05. The summed E-state index contributed by atoms with van der Waals surface area (Å²) in [5.41, 5.74) is 0.0920. The molecule has 0 unspecified atom stereocenters.